The number of nitrogens with zero attached hydrogens (tertiary/aromatic N) is 2. The van der Waals surface area contributed by atoms with Crippen LogP contribution in [0.4, 0.5) is 4.39 Å². The van der Waals surface area contributed by atoms with E-state index in [4.69, 9.17) is 5.11 Å². The summed E-state index contributed by atoms with van der Waals surface area (Å²) in [4.78, 5) is 10.9. The number of halogens is 1. The summed E-state index contributed by atoms with van der Waals surface area (Å²) in [7, 11) is 0. The summed E-state index contributed by atoms with van der Waals surface area (Å²) in [6.07, 6.45) is 1.70. The van der Waals surface area contributed by atoms with Crippen LogP contribution in [0.5, 0.6) is 0 Å². The van der Waals surface area contributed by atoms with Gasteiger partial charge in [0.2, 0.25) is 0 Å². The van der Waals surface area contributed by atoms with Gasteiger partial charge in [-0.15, -0.1) is 0 Å². The number of hydrogen-bond acceptors (Lipinski definition) is 2. The summed E-state index contributed by atoms with van der Waals surface area (Å²) in [6, 6.07) is 6.19. The summed E-state index contributed by atoms with van der Waals surface area (Å²) in [5.41, 5.74) is 2.51. The van der Waals surface area contributed by atoms with Crippen LogP contribution in [-0.2, 0) is 19.4 Å². The Kier molecular flexibility index (Phi) is 4.17. The second-order valence-electron chi connectivity index (χ2n) is 4.61. The van der Waals surface area contributed by atoms with Crippen LogP contribution in [0.2, 0.25) is 0 Å². The van der Waals surface area contributed by atoms with Gasteiger partial charge in [0.1, 0.15) is 5.82 Å². The van der Waals surface area contributed by atoms with Crippen LogP contribution in [0, 0.1) is 5.82 Å². The number of carboxylic acid groups (broad SMARTS) is 1. The van der Waals surface area contributed by atoms with E-state index in [1.165, 1.54) is 12.1 Å². The highest BCUT2D eigenvalue weighted by atomic mass is 19.1. The van der Waals surface area contributed by atoms with Gasteiger partial charge in [0, 0.05) is 5.69 Å². The molecule has 0 saturated carbocycles. The molecule has 5 heteroatoms. The highest BCUT2D eigenvalue weighted by Gasteiger charge is 2.12. The number of rotatable bonds is 5. The molecule has 20 heavy (non-hydrogen) atoms. The van der Waals surface area contributed by atoms with Crippen molar-refractivity contribution < 1.29 is 14.3 Å². The van der Waals surface area contributed by atoms with E-state index in [0.717, 1.165) is 29.8 Å². The highest BCUT2D eigenvalue weighted by Crippen LogP contribution is 2.14. The van der Waals surface area contributed by atoms with Crippen LogP contribution in [0.15, 0.2) is 24.3 Å². The van der Waals surface area contributed by atoms with Crippen LogP contribution in [0.1, 0.15) is 41.2 Å². The molecule has 0 bridgehead atoms. The molecule has 1 N–H and O–H groups in total. The second kappa shape index (κ2) is 5.86. The molecule has 0 unspecified atom stereocenters. The Morgan fingerprint density at radius 3 is 2.65 bits per heavy atom. The van der Waals surface area contributed by atoms with Crippen molar-refractivity contribution in [3.8, 4) is 0 Å². The third-order valence-corrected chi connectivity index (χ3v) is 3.23. The van der Waals surface area contributed by atoms with E-state index in [1.54, 1.807) is 6.07 Å². The summed E-state index contributed by atoms with van der Waals surface area (Å²) < 4.78 is 15.2. The maximum atomic E-state index is 13.4. The van der Waals surface area contributed by atoms with Crippen LogP contribution in [0.3, 0.4) is 0 Å². The minimum atomic E-state index is -1.25. The molecule has 2 rings (SSSR count). The third kappa shape index (κ3) is 2.87. The minimum absolute atomic E-state index is 0.302. The van der Waals surface area contributed by atoms with Gasteiger partial charge in [0.15, 0.2) is 0 Å². The summed E-state index contributed by atoms with van der Waals surface area (Å²) in [6.45, 7) is 4.52. The number of carbonyl (C=O) groups is 1. The lowest BCUT2D eigenvalue weighted by Crippen LogP contribution is -2.08. The molecule has 0 amide bonds. The Hall–Kier alpha value is -2.17. The van der Waals surface area contributed by atoms with E-state index in [2.05, 4.69) is 5.10 Å². The van der Waals surface area contributed by atoms with Crippen molar-refractivity contribution in [2.75, 3.05) is 0 Å². The summed E-state index contributed by atoms with van der Waals surface area (Å²) in [5.74, 6) is -1.97. The fourth-order valence-corrected chi connectivity index (χ4v) is 2.12. The van der Waals surface area contributed by atoms with Gasteiger partial charge in [0.05, 0.1) is 17.8 Å². The SMILES string of the molecule is CCc1cc(CC)n(Cc2ccc(F)c(C(=O)O)c2)n1. The molecule has 2 aromatic rings. The Morgan fingerprint density at radius 1 is 1.30 bits per heavy atom. The van der Waals surface area contributed by atoms with Gasteiger partial charge in [0.25, 0.3) is 0 Å². The average Bonchev–Trinajstić information content (AvgIpc) is 2.83. The standard InChI is InChI=1S/C15H17FN2O2/c1-3-11-8-12(4-2)18(17-11)9-10-5-6-14(16)13(7-10)15(19)20/h5-8H,3-4,9H2,1-2H3,(H,19,20). The van der Waals surface area contributed by atoms with Gasteiger partial charge in [-0.05, 0) is 36.6 Å². The Balaban J connectivity index is 2.32. The van der Waals surface area contributed by atoms with Crippen molar-refractivity contribution in [3.05, 3.63) is 52.6 Å². The third-order valence-electron chi connectivity index (χ3n) is 3.23. The molecule has 1 aromatic carbocycles. The number of aryl methyl sites for hydroxylation is 2. The van der Waals surface area contributed by atoms with E-state index in [-0.39, 0.29) is 5.56 Å². The van der Waals surface area contributed by atoms with Crippen molar-refractivity contribution in [3.63, 3.8) is 0 Å². The quantitative estimate of drug-likeness (QED) is 0.913. The molecule has 1 aromatic heterocycles. The molecular formula is C15H17FN2O2. The van der Waals surface area contributed by atoms with Gasteiger partial charge in [-0.2, -0.15) is 5.10 Å². The Bertz CT molecular complexity index is 635. The average molecular weight is 276 g/mol. The van der Waals surface area contributed by atoms with Crippen molar-refractivity contribution in [1.29, 1.82) is 0 Å². The summed E-state index contributed by atoms with van der Waals surface area (Å²) in [5, 5.41) is 13.4. The number of carboxylic acids is 1. The largest absolute Gasteiger partial charge is 0.478 e. The molecule has 1 heterocycles. The molecular weight excluding hydrogens is 259 g/mol. The fourth-order valence-electron chi connectivity index (χ4n) is 2.12. The maximum absolute atomic E-state index is 13.4. The number of aromatic nitrogens is 2. The first kappa shape index (κ1) is 14.2. The Morgan fingerprint density at radius 2 is 2.05 bits per heavy atom. The minimum Gasteiger partial charge on any atom is -0.478 e. The zero-order valence-electron chi connectivity index (χ0n) is 11.6. The first-order valence-electron chi connectivity index (χ1n) is 6.62. The molecule has 0 spiro atoms. The molecule has 4 nitrogen and oxygen atoms in total. The molecule has 0 aliphatic heterocycles. The smallest absolute Gasteiger partial charge is 0.338 e. The van der Waals surface area contributed by atoms with Crippen molar-refractivity contribution >= 4 is 5.97 Å². The number of benzene rings is 1. The van der Waals surface area contributed by atoms with Crippen molar-refractivity contribution in [1.82, 2.24) is 9.78 Å². The van der Waals surface area contributed by atoms with E-state index < -0.39 is 11.8 Å². The van der Waals surface area contributed by atoms with Crippen LogP contribution in [0.25, 0.3) is 0 Å². The van der Waals surface area contributed by atoms with Gasteiger partial charge >= 0.3 is 5.97 Å². The normalized spacial score (nSPS) is 10.8. The summed E-state index contributed by atoms with van der Waals surface area (Å²) >= 11 is 0. The van der Waals surface area contributed by atoms with Crippen LogP contribution < -0.4 is 0 Å². The van der Waals surface area contributed by atoms with Gasteiger partial charge in [-0.1, -0.05) is 19.9 Å². The van der Waals surface area contributed by atoms with Crippen LogP contribution >= 0.6 is 0 Å². The van der Waals surface area contributed by atoms with E-state index in [9.17, 15) is 9.18 Å². The fraction of sp³-hybridized carbons (Fsp3) is 0.333. The van der Waals surface area contributed by atoms with E-state index in [1.807, 2.05) is 24.6 Å². The number of aromatic carboxylic acids is 1. The molecule has 0 atom stereocenters. The van der Waals surface area contributed by atoms with Gasteiger partial charge < -0.3 is 5.11 Å². The highest BCUT2D eigenvalue weighted by molar-refractivity contribution is 5.88. The zero-order valence-corrected chi connectivity index (χ0v) is 11.6. The molecule has 0 aliphatic rings. The lowest BCUT2D eigenvalue weighted by molar-refractivity contribution is 0.0691. The second-order valence-corrected chi connectivity index (χ2v) is 4.61. The van der Waals surface area contributed by atoms with Gasteiger partial charge in [-0.3, -0.25) is 4.68 Å². The lowest BCUT2D eigenvalue weighted by Gasteiger charge is -2.07. The monoisotopic (exact) mass is 276 g/mol. The molecule has 0 radical (unpaired) electrons. The van der Waals surface area contributed by atoms with Crippen molar-refractivity contribution in [2.45, 2.75) is 33.2 Å². The molecule has 0 saturated heterocycles. The first-order chi connectivity index (χ1) is 9.55. The Labute approximate surface area is 116 Å². The molecule has 0 aliphatic carbocycles. The predicted octanol–water partition coefficient (Wildman–Crippen LogP) is 2.89. The van der Waals surface area contributed by atoms with Gasteiger partial charge in [-0.25, -0.2) is 9.18 Å². The maximum Gasteiger partial charge on any atom is 0.338 e. The van der Waals surface area contributed by atoms with Crippen LogP contribution in [-0.4, -0.2) is 20.9 Å². The predicted molar refractivity (Wildman–Crippen MR) is 73.4 cm³/mol. The topological polar surface area (TPSA) is 55.1 Å². The number of hydrogen-bond donors (Lipinski definition) is 1. The van der Waals surface area contributed by atoms with E-state index in [0.29, 0.717) is 6.54 Å². The van der Waals surface area contributed by atoms with Crippen molar-refractivity contribution in [2.24, 2.45) is 0 Å². The zero-order chi connectivity index (χ0) is 14.7. The van der Waals surface area contributed by atoms with E-state index >= 15 is 0 Å². The lowest BCUT2D eigenvalue weighted by atomic mass is 10.1. The first-order valence-corrected chi connectivity index (χ1v) is 6.62. The molecule has 106 valence electrons. The molecule has 0 fully saturated rings.